The molecular formula is C16H21N3O3. The van der Waals surface area contributed by atoms with Crippen LogP contribution in [-0.4, -0.2) is 34.2 Å². The lowest BCUT2D eigenvalue weighted by molar-refractivity contribution is 0.0194. The van der Waals surface area contributed by atoms with Gasteiger partial charge in [0.1, 0.15) is 17.6 Å². The van der Waals surface area contributed by atoms with E-state index in [1.807, 2.05) is 6.92 Å². The van der Waals surface area contributed by atoms with E-state index in [0.29, 0.717) is 17.6 Å². The summed E-state index contributed by atoms with van der Waals surface area (Å²) in [7, 11) is 0. The van der Waals surface area contributed by atoms with Crippen molar-refractivity contribution in [2.24, 2.45) is 5.92 Å². The van der Waals surface area contributed by atoms with Gasteiger partial charge in [-0.1, -0.05) is 12.1 Å². The van der Waals surface area contributed by atoms with E-state index >= 15 is 0 Å². The predicted octanol–water partition coefficient (Wildman–Crippen LogP) is 2.50. The molecule has 0 bridgehead atoms. The lowest BCUT2D eigenvalue weighted by Gasteiger charge is -2.16. The third-order valence-corrected chi connectivity index (χ3v) is 4.58. The fourth-order valence-electron chi connectivity index (χ4n) is 3.50. The normalized spacial score (nSPS) is 28.4. The van der Waals surface area contributed by atoms with Crippen LogP contribution in [0.1, 0.15) is 42.7 Å². The number of ether oxygens (including phenoxy) is 1. The summed E-state index contributed by atoms with van der Waals surface area (Å²) in [4.78, 5) is 6.69. The van der Waals surface area contributed by atoms with E-state index < -0.39 is 0 Å². The minimum absolute atomic E-state index is 0.0337. The van der Waals surface area contributed by atoms with E-state index in [4.69, 9.17) is 13.7 Å². The summed E-state index contributed by atoms with van der Waals surface area (Å²) in [6, 6.07) is 4.15. The molecule has 6 nitrogen and oxygen atoms in total. The molecule has 22 heavy (non-hydrogen) atoms. The molecule has 6 heteroatoms. The van der Waals surface area contributed by atoms with E-state index in [1.54, 1.807) is 0 Å². The third-order valence-electron chi connectivity index (χ3n) is 4.58. The highest BCUT2D eigenvalue weighted by Crippen LogP contribution is 2.40. The first-order chi connectivity index (χ1) is 10.7. The van der Waals surface area contributed by atoms with E-state index in [2.05, 4.69) is 34.1 Å². The third kappa shape index (κ3) is 2.57. The van der Waals surface area contributed by atoms with Crippen molar-refractivity contribution in [1.29, 1.82) is 0 Å². The first kappa shape index (κ1) is 14.0. The van der Waals surface area contributed by atoms with Gasteiger partial charge in [-0.15, -0.1) is 0 Å². The Morgan fingerprint density at radius 1 is 1.27 bits per heavy atom. The summed E-state index contributed by atoms with van der Waals surface area (Å²) < 4.78 is 17.1. The monoisotopic (exact) mass is 303 g/mol. The maximum Gasteiger partial charge on any atom is 0.255 e. The standard InChI is InChI=1S/C16H21N3O3/c1-3-12-4-5-13(20-12)8-19-7-11-6-14(21-15(11)9-19)16-17-10(2)18-22-16/h4-5,11,14-15H,3,6-9H2,1-2H3/t11-,14-,15+/m0/s1. The molecule has 0 aromatic carbocycles. The molecule has 0 radical (unpaired) electrons. The summed E-state index contributed by atoms with van der Waals surface area (Å²) in [5.74, 6) is 3.93. The van der Waals surface area contributed by atoms with Crippen molar-refractivity contribution in [2.45, 2.75) is 45.4 Å². The van der Waals surface area contributed by atoms with Gasteiger partial charge in [-0.2, -0.15) is 4.98 Å². The molecule has 118 valence electrons. The minimum Gasteiger partial charge on any atom is -0.465 e. The second-order valence-corrected chi connectivity index (χ2v) is 6.25. The lowest BCUT2D eigenvalue weighted by Crippen LogP contribution is -2.23. The SMILES string of the molecule is CCc1ccc(CN2C[C@@H]3C[C@@H](c4nc(C)no4)O[C@@H]3C2)o1. The van der Waals surface area contributed by atoms with Crippen LogP contribution in [-0.2, 0) is 17.7 Å². The van der Waals surface area contributed by atoms with Gasteiger partial charge in [0.05, 0.1) is 12.6 Å². The molecular weight excluding hydrogens is 282 g/mol. The molecule has 4 rings (SSSR count). The number of hydrogen-bond donors (Lipinski definition) is 0. The molecule has 0 spiro atoms. The van der Waals surface area contributed by atoms with Gasteiger partial charge in [0.2, 0.25) is 0 Å². The molecule has 3 atom stereocenters. The van der Waals surface area contributed by atoms with E-state index in [0.717, 1.165) is 44.0 Å². The average Bonchev–Trinajstić information content (AvgIpc) is 3.21. The quantitative estimate of drug-likeness (QED) is 0.864. The summed E-state index contributed by atoms with van der Waals surface area (Å²) in [5, 5.41) is 3.85. The fraction of sp³-hybridized carbons (Fsp3) is 0.625. The van der Waals surface area contributed by atoms with Gasteiger partial charge in [-0.3, -0.25) is 4.90 Å². The number of fused-ring (bicyclic) bond motifs is 1. The molecule has 2 aliphatic heterocycles. The van der Waals surface area contributed by atoms with Gasteiger partial charge < -0.3 is 13.7 Å². The number of nitrogens with zero attached hydrogens (tertiary/aromatic N) is 3. The zero-order chi connectivity index (χ0) is 15.1. The van der Waals surface area contributed by atoms with Crippen molar-refractivity contribution < 1.29 is 13.7 Å². The lowest BCUT2D eigenvalue weighted by atomic mass is 10.0. The van der Waals surface area contributed by atoms with Gasteiger partial charge >= 0.3 is 0 Å². The molecule has 0 aliphatic carbocycles. The molecule has 2 aromatic heterocycles. The first-order valence-corrected chi connectivity index (χ1v) is 7.97. The first-order valence-electron chi connectivity index (χ1n) is 7.97. The molecule has 2 aromatic rings. The number of likely N-dealkylation sites (tertiary alicyclic amines) is 1. The molecule has 2 fully saturated rings. The summed E-state index contributed by atoms with van der Waals surface area (Å²) >= 11 is 0. The Balaban J connectivity index is 1.35. The highest BCUT2D eigenvalue weighted by molar-refractivity contribution is 5.08. The Labute approximate surface area is 129 Å². The summed E-state index contributed by atoms with van der Waals surface area (Å²) in [6.45, 7) is 6.78. The van der Waals surface area contributed by atoms with Crippen LogP contribution in [0.3, 0.4) is 0 Å². The van der Waals surface area contributed by atoms with Crippen LogP contribution in [0.2, 0.25) is 0 Å². The van der Waals surface area contributed by atoms with Gasteiger partial charge in [0, 0.05) is 25.4 Å². The Bertz CT molecular complexity index is 637. The minimum atomic E-state index is -0.0337. The molecule has 0 saturated carbocycles. The molecule has 2 aliphatic rings. The van der Waals surface area contributed by atoms with Crippen LogP contribution in [0, 0.1) is 12.8 Å². The maximum absolute atomic E-state index is 6.11. The van der Waals surface area contributed by atoms with Crippen molar-refractivity contribution in [3.8, 4) is 0 Å². The van der Waals surface area contributed by atoms with Crippen molar-refractivity contribution in [3.05, 3.63) is 35.4 Å². The van der Waals surface area contributed by atoms with E-state index in [-0.39, 0.29) is 12.2 Å². The summed E-state index contributed by atoms with van der Waals surface area (Å²) in [6.07, 6.45) is 2.13. The van der Waals surface area contributed by atoms with Gasteiger partial charge in [0.25, 0.3) is 5.89 Å². The van der Waals surface area contributed by atoms with Crippen molar-refractivity contribution in [2.75, 3.05) is 13.1 Å². The van der Waals surface area contributed by atoms with Crippen LogP contribution in [0.25, 0.3) is 0 Å². The van der Waals surface area contributed by atoms with Crippen molar-refractivity contribution in [3.63, 3.8) is 0 Å². The zero-order valence-corrected chi connectivity index (χ0v) is 13.0. The number of aryl methyl sites for hydroxylation is 2. The molecule has 0 unspecified atom stereocenters. The van der Waals surface area contributed by atoms with Crippen LogP contribution in [0.5, 0.6) is 0 Å². The molecule has 0 amide bonds. The Hall–Kier alpha value is -1.66. The van der Waals surface area contributed by atoms with Gasteiger partial charge in [-0.05, 0) is 25.5 Å². The van der Waals surface area contributed by atoms with Crippen LogP contribution in [0.15, 0.2) is 21.1 Å². The summed E-state index contributed by atoms with van der Waals surface area (Å²) in [5.41, 5.74) is 0. The van der Waals surface area contributed by atoms with Gasteiger partial charge in [-0.25, -0.2) is 0 Å². The Kier molecular flexibility index (Phi) is 3.50. The highest BCUT2D eigenvalue weighted by Gasteiger charge is 2.44. The second kappa shape index (κ2) is 5.52. The van der Waals surface area contributed by atoms with Crippen LogP contribution in [0.4, 0.5) is 0 Å². The largest absolute Gasteiger partial charge is 0.465 e. The number of rotatable bonds is 4. The second-order valence-electron chi connectivity index (χ2n) is 6.25. The topological polar surface area (TPSA) is 64.5 Å². The number of furan rings is 1. The van der Waals surface area contributed by atoms with E-state index in [9.17, 15) is 0 Å². The fourth-order valence-corrected chi connectivity index (χ4v) is 3.50. The predicted molar refractivity (Wildman–Crippen MR) is 78.1 cm³/mol. The molecule has 4 heterocycles. The highest BCUT2D eigenvalue weighted by atomic mass is 16.5. The van der Waals surface area contributed by atoms with Crippen LogP contribution < -0.4 is 0 Å². The van der Waals surface area contributed by atoms with E-state index in [1.165, 1.54) is 0 Å². The average molecular weight is 303 g/mol. The smallest absolute Gasteiger partial charge is 0.255 e. The zero-order valence-electron chi connectivity index (χ0n) is 13.0. The number of hydrogen-bond acceptors (Lipinski definition) is 6. The van der Waals surface area contributed by atoms with Crippen molar-refractivity contribution >= 4 is 0 Å². The maximum atomic E-state index is 6.11. The van der Waals surface area contributed by atoms with Crippen molar-refractivity contribution in [1.82, 2.24) is 15.0 Å². The van der Waals surface area contributed by atoms with Gasteiger partial charge in [0.15, 0.2) is 5.82 Å². The van der Waals surface area contributed by atoms with Crippen LogP contribution >= 0.6 is 0 Å². The molecule has 0 N–H and O–H groups in total. The Morgan fingerprint density at radius 2 is 2.14 bits per heavy atom. The number of aromatic nitrogens is 2. The Morgan fingerprint density at radius 3 is 2.82 bits per heavy atom. The molecule has 2 saturated heterocycles.